The second-order valence-electron chi connectivity index (χ2n) is 6.99. The largest absolute Gasteiger partial charge is 0.383 e. The molecule has 0 bridgehead atoms. The van der Waals surface area contributed by atoms with Crippen molar-refractivity contribution in [1.82, 2.24) is 19.4 Å². The van der Waals surface area contributed by atoms with Gasteiger partial charge in [-0.25, -0.2) is 9.20 Å². The molecule has 4 heterocycles. The number of rotatable bonds is 3. The Morgan fingerprint density at radius 2 is 1.92 bits per heavy atom. The van der Waals surface area contributed by atoms with Gasteiger partial charge in [-0.3, -0.25) is 4.79 Å². The van der Waals surface area contributed by atoms with Crippen LogP contribution >= 0.6 is 11.8 Å². The Balaban J connectivity index is 1.98. The van der Waals surface area contributed by atoms with E-state index in [0.29, 0.717) is 24.2 Å². The predicted molar refractivity (Wildman–Crippen MR) is 104 cm³/mol. The standard InChI is InChI=1S/C19H22N4O2S/c1-13(2)23-16(24)7-6-14(20-23)17-15-5-3-4-10-22(15)21-18(17)19(25)8-11-26-12-9-19/h3-7,10,13,25H,8-9,11-12H2,1-2H3. The van der Waals surface area contributed by atoms with Crippen LogP contribution in [0.25, 0.3) is 16.8 Å². The van der Waals surface area contributed by atoms with Gasteiger partial charge in [0, 0.05) is 12.3 Å². The smallest absolute Gasteiger partial charge is 0.267 e. The van der Waals surface area contributed by atoms with Crippen molar-refractivity contribution in [2.24, 2.45) is 0 Å². The maximum absolute atomic E-state index is 12.1. The molecule has 3 aromatic rings. The number of pyridine rings is 1. The minimum atomic E-state index is -0.965. The Hall–Kier alpha value is -2.12. The van der Waals surface area contributed by atoms with Gasteiger partial charge in [-0.2, -0.15) is 22.0 Å². The summed E-state index contributed by atoms with van der Waals surface area (Å²) in [6.07, 6.45) is 3.21. The van der Waals surface area contributed by atoms with Crippen LogP contribution < -0.4 is 5.56 Å². The van der Waals surface area contributed by atoms with Crippen LogP contribution in [0.4, 0.5) is 0 Å². The van der Waals surface area contributed by atoms with Crippen LogP contribution in [0, 0.1) is 0 Å². The second kappa shape index (κ2) is 6.55. The molecule has 1 saturated heterocycles. The molecule has 1 N–H and O–H groups in total. The lowest BCUT2D eigenvalue weighted by Gasteiger charge is -2.31. The molecular weight excluding hydrogens is 348 g/mol. The van der Waals surface area contributed by atoms with E-state index in [1.165, 1.54) is 4.68 Å². The molecule has 3 aromatic heterocycles. The maximum Gasteiger partial charge on any atom is 0.267 e. The fourth-order valence-corrected chi connectivity index (χ4v) is 4.62. The second-order valence-corrected chi connectivity index (χ2v) is 8.22. The van der Waals surface area contributed by atoms with E-state index < -0.39 is 5.60 Å². The van der Waals surface area contributed by atoms with Gasteiger partial charge in [-0.05, 0) is 56.4 Å². The van der Waals surface area contributed by atoms with Crippen molar-refractivity contribution in [3.05, 3.63) is 52.6 Å². The third-order valence-electron chi connectivity index (χ3n) is 4.87. The van der Waals surface area contributed by atoms with Gasteiger partial charge in [-0.1, -0.05) is 6.07 Å². The molecule has 136 valence electrons. The number of hydrogen-bond donors (Lipinski definition) is 1. The highest BCUT2D eigenvalue weighted by Crippen LogP contribution is 2.41. The Labute approximate surface area is 155 Å². The molecule has 4 rings (SSSR count). The zero-order chi connectivity index (χ0) is 18.3. The third kappa shape index (κ3) is 2.85. The molecule has 0 spiro atoms. The summed E-state index contributed by atoms with van der Waals surface area (Å²) in [6, 6.07) is 9.07. The van der Waals surface area contributed by atoms with Crippen LogP contribution in [-0.4, -0.2) is 36.0 Å². The summed E-state index contributed by atoms with van der Waals surface area (Å²) in [4.78, 5) is 12.1. The Morgan fingerprint density at radius 1 is 1.15 bits per heavy atom. The number of aliphatic hydroxyl groups is 1. The van der Waals surface area contributed by atoms with Gasteiger partial charge in [0.15, 0.2) is 0 Å². The monoisotopic (exact) mass is 370 g/mol. The molecule has 1 aliphatic heterocycles. The highest BCUT2D eigenvalue weighted by atomic mass is 32.2. The summed E-state index contributed by atoms with van der Waals surface area (Å²) in [6.45, 7) is 3.86. The summed E-state index contributed by atoms with van der Waals surface area (Å²) < 4.78 is 3.27. The van der Waals surface area contributed by atoms with Crippen molar-refractivity contribution in [2.45, 2.75) is 38.3 Å². The summed E-state index contributed by atoms with van der Waals surface area (Å²) in [7, 11) is 0. The molecule has 0 amide bonds. The van der Waals surface area contributed by atoms with E-state index >= 15 is 0 Å². The van der Waals surface area contributed by atoms with E-state index in [1.807, 2.05) is 50.0 Å². The lowest BCUT2D eigenvalue weighted by molar-refractivity contribution is 0.0240. The first kappa shape index (κ1) is 17.3. The van der Waals surface area contributed by atoms with Crippen molar-refractivity contribution in [2.75, 3.05) is 11.5 Å². The third-order valence-corrected chi connectivity index (χ3v) is 5.86. The summed E-state index contributed by atoms with van der Waals surface area (Å²) in [5.41, 5.74) is 1.93. The molecule has 0 aromatic carbocycles. The van der Waals surface area contributed by atoms with Gasteiger partial charge in [0.2, 0.25) is 0 Å². The first-order valence-corrected chi connectivity index (χ1v) is 10.0. The van der Waals surface area contributed by atoms with E-state index in [4.69, 9.17) is 5.10 Å². The first-order valence-electron chi connectivity index (χ1n) is 8.88. The fraction of sp³-hybridized carbons (Fsp3) is 0.421. The molecule has 26 heavy (non-hydrogen) atoms. The average molecular weight is 370 g/mol. The molecule has 6 nitrogen and oxygen atoms in total. The van der Waals surface area contributed by atoms with Crippen LogP contribution in [0.3, 0.4) is 0 Å². The number of aromatic nitrogens is 4. The molecular formula is C19H22N4O2S. The predicted octanol–water partition coefficient (Wildman–Crippen LogP) is 2.85. The van der Waals surface area contributed by atoms with Crippen molar-refractivity contribution in [3.8, 4) is 11.3 Å². The van der Waals surface area contributed by atoms with E-state index in [0.717, 1.165) is 22.6 Å². The quantitative estimate of drug-likeness (QED) is 0.767. The Kier molecular flexibility index (Phi) is 4.36. The molecule has 0 unspecified atom stereocenters. The zero-order valence-corrected chi connectivity index (χ0v) is 15.7. The van der Waals surface area contributed by atoms with Gasteiger partial charge < -0.3 is 5.11 Å². The molecule has 7 heteroatoms. The summed E-state index contributed by atoms with van der Waals surface area (Å²) >= 11 is 1.85. The minimum absolute atomic E-state index is 0.0399. The van der Waals surface area contributed by atoms with Crippen LogP contribution in [0.1, 0.15) is 38.4 Å². The van der Waals surface area contributed by atoms with Crippen LogP contribution in [0.5, 0.6) is 0 Å². The summed E-state index contributed by atoms with van der Waals surface area (Å²) in [5.74, 6) is 1.81. The van der Waals surface area contributed by atoms with Gasteiger partial charge in [0.1, 0.15) is 11.3 Å². The lowest BCUT2D eigenvalue weighted by Crippen LogP contribution is -2.32. The molecule has 0 aliphatic carbocycles. The number of nitrogens with zero attached hydrogens (tertiary/aromatic N) is 4. The normalized spacial score (nSPS) is 17.1. The molecule has 1 fully saturated rings. The van der Waals surface area contributed by atoms with Crippen LogP contribution in [0.15, 0.2) is 41.3 Å². The first-order chi connectivity index (χ1) is 12.5. The van der Waals surface area contributed by atoms with Gasteiger partial charge >= 0.3 is 0 Å². The van der Waals surface area contributed by atoms with Gasteiger partial charge in [0.05, 0.1) is 22.8 Å². The Morgan fingerprint density at radius 3 is 2.65 bits per heavy atom. The number of thioether (sulfide) groups is 1. The van der Waals surface area contributed by atoms with Crippen LogP contribution in [0.2, 0.25) is 0 Å². The molecule has 0 saturated carbocycles. The van der Waals surface area contributed by atoms with E-state index in [2.05, 4.69) is 5.10 Å². The van der Waals surface area contributed by atoms with E-state index in [1.54, 1.807) is 16.6 Å². The maximum atomic E-state index is 12.1. The molecule has 0 atom stereocenters. The highest BCUT2D eigenvalue weighted by Gasteiger charge is 2.37. The summed E-state index contributed by atoms with van der Waals surface area (Å²) in [5, 5.41) is 20.6. The van der Waals surface area contributed by atoms with Crippen LogP contribution in [-0.2, 0) is 5.60 Å². The number of hydrogen-bond acceptors (Lipinski definition) is 5. The molecule has 0 radical (unpaired) electrons. The SMILES string of the molecule is CC(C)n1nc(-c2c(C3(O)CCSCC3)nn3ccccc23)ccc1=O. The average Bonchev–Trinajstić information content (AvgIpc) is 3.03. The van der Waals surface area contributed by atoms with Gasteiger partial charge in [0.25, 0.3) is 5.56 Å². The topological polar surface area (TPSA) is 72.4 Å². The van der Waals surface area contributed by atoms with Gasteiger partial charge in [-0.15, -0.1) is 0 Å². The zero-order valence-electron chi connectivity index (χ0n) is 14.9. The number of fused-ring (bicyclic) bond motifs is 1. The fourth-order valence-electron chi connectivity index (χ4n) is 3.45. The Bertz CT molecular complexity index is 1000. The van der Waals surface area contributed by atoms with Crippen molar-refractivity contribution >= 4 is 17.3 Å². The van der Waals surface area contributed by atoms with Crippen molar-refractivity contribution in [3.63, 3.8) is 0 Å². The molecule has 1 aliphatic rings. The highest BCUT2D eigenvalue weighted by molar-refractivity contribution is 7.99. The lowest BCUT2D eigenvalue weighted by atomic mass is 9.89. The van der Waals surface area contributed by atoms with Crippen molar-refractivity contribution in [1.29, 1.82) is 0 Å². The van der Waals surface area contributed by atoms with E-state index in [-0.39, 0.29) is 11.6 Å². The van der Waals surface area contributed by atoms with E-state index in [9.17, 15) is 9.90 Å². The van der Waals surface area contributed by atoms with Crippen molar-refractivity contribution < 1.29 is 5.11 Å². The minimum Gasteiger partial charge on any atom is -0.383 e.